The minimum atomic E-state index is -0.720. The highest BCUT2D eigenvalue weighted by molar-refractivity contribution is 9.10. The van der Waals surface area contributed by atoms with E-state index in [9.17, 15) is 14.4 Å². The van der Waals surface area contributed by atoms with E-state index in [0.29, 0.717) is 30.7 Å². The number of nitrogens with one attached hydrogen (secondary N) is 2. The number of fused-ring (bicyclic) bond motifs is 1. The molecule has 1 saturated heterocycles. The van der Waals surface area contributed by atoms with Crippen LogP contribution >= 0.6 is 15.9 Å². The Hall–Kier alpha value is -3.19. The number of imide groups is 1. The number of carbonyl (C=O) groups is 3. The van der Waals surface area contributed by atoms with Gasteiger partial charge in [-0.05, 0) is 63.3 Å². The second kappa shape index (κ2) is 9.12. The molecule has 164 valence electrons. The Balaban J connectivity index is 1.41. The van der Waals surface area contributed by atoms with Crippen molar-refractivity contribution in [2.24, 2.45) is 0 Å². The van der Waals surface area contributed by atoms with E-state index in [1.165, 1.54) is 0 Å². The lowest BCUT2D eigenvalue weighted by molar-refractivity contribution is -0.138. The Kier molecular flexibility index (Phi) is 6.28. The molecule has 4 rings (SSSR count). The first-order chi connectivity index (χ1) is 15.4. The number of piperidine rings is 1. The van der Waals surface area contributed by atoms with Crippen molar-refractivity contribution in [1.29, 1.82) is 0 Å². The second-order valence-corrected chi connectivity index (χ2v) is 8.62. The number of hydrogen-bond acceptors (Lipinski definition) is 4. The molecule has 6 nitrogen and oxygen atoms in total. The van der Waals surface area contributed by atoms with Gasteiger partial charge in [-0.15, -0.1) is 0 Å². The van der Waals surface area contributed by atoms with Crippen molar-refractivity contribution in [2.45, 2.75) is 31.6 Å². The predicted octanol–water partition coefficient (Wildman–Crippen LogP) is 4.70. The highest BCUT2D eigenvalue weighted by atomic mass is 79.9. The number of hydrogen-bond donors (Lipinski definition) is 2. The second-order valence-electron chi connectivity index (χ2n) is 7.83. The molecule has 3 aromatic carbocycles. The molecule has 1 aliphatic rings. The highest BCUT2D eigenvalue weighted by Crippen LogP contribution is 2.36. The first kappa shape index (κ1) is 22.0. The van der Waals surface area contributed by atoms with Crippen molar-refractivity contribution in [3.63, 3.8) is 0 Å². The number of carbonyl (C=O) groups excluding carboxylic acids is 3. The summed E-state index contributed by atoms with van der Waals surface area (Å²) in [5, 5.41) is 7.35. The summed E-state index contributed by atoms with van der Waals surface area (Å²) in [5.74, 6) is -0.190. The Bertz CT molecular complexity index is 1190. The molecular formula is C25H23BrN2O4. The molecule has 32 heavy (non-hydrogen) atoms. The van der Waals surface area contributed by atoms with Crippen LogP contribution in [0.25, 0.3) is 10.8 Å². The summed E-state index contributed by atoms with van der Waals surface area (Å²) in [6.45, 7) is 1.80. The molecule has 7 heteroatoms. The maximum atomic E-state index is 12.5. The minimum Gasteiger partial charge on any atom is -0.483 e. The van der Waals surface area contributed by atoms with Gasteiger partial charge in [0.1, 0.15) is 5.75 Å². The van der Waals surface area contributed by atoms with E-state index in [1.54, 1.807) is 12.1 Å². The molecule has 3 aromatic rings. The molecule has 0 saturated carbocycles. The summed E-state index contributed by atoms with van der Waals surface area (Å²) >= 11 is 3.55. The molecule has 2 N–H and O–H groups in total. The standard InChI is InChI=1S/C25H23BrN2O4/c1-2-25(14-13-21(29)28-24(25)31)17-8-10-18(11-9-17)27-22(30)15-32-20-12-7-16-5-3-4-6-19(16)23(20)26/h3-12H,2,13-15H2,1H3,(H,27,30)(H,28,29,31). The fourth-order valence-corrected chi connectivity index (χ4v) is 4.71. The molecule has 0 aliphatic carbocycles. The normalized spacial score (nSPS) is 18.3. The SMILES string of the molecule is CCC1(c2ccc(NC(=O)COc3ccc4ccccc4c3Br)cc2)CCC(=O)NC1=O. The van der Waals surface area contributed by atoms with E-state index in [2.05, 4.69) is 26.6 Å². The van der Waals surface area contributed by atoms with Gasteiger partial charge in [0.15, 0.2) is 6.61 Å². The smallest absolute Gasteiger partial charge is 0.262 e. The number of anilines is 1. The van der Waals surface area contributed by atoms with Crippen LogP contribution in [0.15, 0.2) is 65.1 Å². The number of rotatable bonds is 6. The van der Waals surface area contributed by atoms with Gasteiger partial charge in [-0.25, -0.2) is 0 Å². The van der Waals surface area contributed by atoms with Crippen LogP contribution in [0.3, 0.4) is 0 Å². The Morgan fingerprint density at radius 3 is 2.56 bits per heavy atom. The lowest BCUT2D eigenvalue weighted by atomic mass is 9.72. The molecular weight excluding hydrogens is 472 g/mol. The minimum absolute atomic E-state index is 0.137. The van der Waals surface area contributed by atoms with Crippen molar-refractivity contribution in [2.75, 3.05) is 11.9 Å². The summed E-state index contributed by atoms with van der Waals surface area (Å²) in [7, 11) is 0. The largest absolute Gasteiger partial charge is 0.483 e. The number of halogens is 1. The highest BCUT2D eigenvalue weighted by Gasteiger charge is 2.42. The zero-order valence-corrected chi connectivity index (χ0v) is 19.2. The molecule has 1 fully saturated rings. The third-order valence-corrected chi connectivity index (χ3v) is 6.80. The van der Waals surface area contributed by atoms with Gasteiger partial charge in [-0.1, -0.05) is 49.4 Å². The molecule has 1 unspecified atom stereocenters. The first-order valence-electron chi connectivity index (χ1n) is 10.5. The Labute approximate surface area is 194 Å². The van der Waals surface area contributed by atoms with Crippen LogP contribution in [0, 0.1) is 0 Å². The molecule has 0 spiro atoms. The Morgan fingerprint density at radius 1 is 1.09 bits per heavy atom. The average Bonchev–Trinajstić information content (AvgIpc) is 2.80. The van der Waals surface area contributed by atoms with E-state index in [1.807, 2.05) is 55.5 Å². The summed E-state index contributed by atoms with van der Waals surface area (Å²) in [5.41, 5.74) is 0.722. The van der Waals surface area contributed by atoms with Crippen molar-refractivity contribution < 1.29 is 19.1 Å². The van der Waals surface area contributed by atoms with E-state index in [-0.39, 0.29) is 24.3 Å². The molecule has 0 radical (unpaired) electrons. The lowest BCUT2D eigenvalue weighted by Crippen LogP contribution is -2.51. The molecule has 0 aromatic heterocycles. The van der Waals surface area contributed by atoms with Crippen LogP contribution in [0.5, 0.6) is 5.75 Å². The third kappa shape index (κ3) is 4.25. The molecule has 1 atom stereocenters. The molecule has 0 bridgehead atoms. The molecule has 1 heterocycles. The summed E-state index contributed by atoms with van der Waals surface area (Å²) in [6.07, 6.45) is 1.39. The van der Waals surface area contributed by atoms with Gasteiger partial charge < -0.3 is 10.1 Å². The summed E-state index contributed by atoms with van der Waals surface area (Å²) in [4.78, 5) is 36.5. The van der Waals surface area contributed by atoms with Crippen LogP contribution in [-0.4, -0.2) is 24.3 Å². The van der Waals surface area contributed by atoms with Gasteiger partial charge in [0.2, 0.25) is 11.8 Å². The molecule has 1 aliphatic heterocycles. The van der Waals surface area contributed by atoms with E-state index in [0.717, 1.165) is 20.8 Å². The van der Waals surface area contributed by atoms with Gasteiger partial charge in [-0.3, -0.25) is 19.7 Å². The van der Waals surface area contributed by atoms with E-state index >= 15 is 0 Å². The zero-order chi connectivity index (χ0) is 22.7. The van der Waals surface area contributed by atoms with E-state index < -0.39 is 5.41 Å². The van der Waals surface area contributed by atoms with Crippen LogP contribution < -0.4 is 15.4 Å². The fraction of sp³-hybridized carbons (Fsp3) is 0.240. The van der Waals surface area contributed by atoms with Gasteiger partial charge in [-0.2, -0.15) is 0 Å². The fourth-order valence-electron chi connectivity index (χ4n) is 4.10. The van der Waals surface area contributed by atoms with Crippen molar-refractivity contribution >= 4 is 50.1 Å². The summed E-state index contributed by atoms with van der Waals surface area (Å²) < 4.78 is 6.52. The van der Waals surface area contributed by atoms with Crippen molar-refractivity contribution in [3.8, 4) is 5.75 Å². The number of benzene rings is 3. The van der Waals surface area contributed by atoms with Crippen molar-refractivity contribution in [3.05, 3.63) is 70.7 Å². The van der Waals surface area contributed by atoms with Gasteiger partial charge >= 0.3 is 0 Å². The molecule has 3 amide bonds. The van der Waals surface area contributed by atoms with Gasteiger partial charge in [0, 0.05) is 12.1 Å². The average molecular weight is 495 g/mol. The third-order valence-electron chi connectivity index (χ3n) is 5.98. The van der Waals surface area contributed by atoms with Crippen LogP contribution in [0.1, 0.15) is 31.7 Å². The van der Waals surface area contributed by atoms with Gasteiger partial charge in [0.05, 0.1) is 9.89 Å². The van der Waals surface area contributed by atoms with Crippen LogP contribution in [0.2, 0.25) is 0 Å². The topological polar surface area (TPSA) is 84.5 Å². The lowest BCUT2D eigenvalue weighted by Gasteiger charge is -2.35. The number of ether oxygens (including phenoxy) is 1. The van der Waals surface area contributed by atoms with Gasteiger partial charge in [0.25, 0.3) is 5.91 Å². The summed E-state index contributed by atoms with van der Waals surface area (Å²) in [6, 6.07) is 18.9. The van der Waals surface area contributed by atoms with E-state index in [4.69, 9.17) is 4.74 Å². The Morgan fingerprint density at radius 2 is 1.84 bits per heavy atom. The number of amides is 3. The predicted molar refractivity (Wildman–Crippen MR) is 127 cm³/mol. The monoisotopic (exact) mass is 494 g/mol. The van der Waals surface area contributed by atoms with Crippen LogP contribution in [0.4, 0.5) is 5.69 Å². The van der Waals surface area contributed by atoms with Crippen LogP contribution in [-0.2, 0) is 19.8 Å². The maximum Gasteiger partial charge on any atom is 0.262 e. The zero-order valence-electron chi connectivity index (χ0n) is 17.6. The van der Waals surface area contributed by atoms with Crippen molar-refractivity contribution in [1.82, 2.24) is 5.32 Å². The maximum absolute atomic E-state index is 12.5. The first-order valence-corrected chi connectivity index (χ1v) is 11.3. The quantitative estimate of drug-likeness (QED) is 0.486.